The second-order valence-corrected chi connectivity index (χ2v) is 6.60. The zero-order valence-electron chi connectivity index (χ0n) is 13.5. The van der Waals surface area contributed by atoms with Crippen LogP contribution in [-0.4, -0.2) is 37.6 Å². The van der Waals surface area contributed by atoms with Crippen LogP contribution in [0.25, 0.3) is 0 Å². The van der Waals surface area contributed by atoms with Gasteiger partial charge in [0.1, 0.15) is 5.82 Å². The summed E-state index contributed by atoms with van der Waals surface area (Å²) in [6, 6.07) is 6.90. The van der Waals surface area contributed by atoms with Gasteiger partial charge in [0.25, 0.3) is 0 Å². The second-order valence-electron chi connectivity index (χ2n) is 6.60. The normalized spacial score (nSPS) is 23.9. The summed E-state index contributed by atoms with van der Waals surface area (Å²) in [4.78, 5) is 4.98. The maximum absolute atomic E-state index is 13.0. The number of allylic oxidation sites excluding steroid dienone is 2. The van der Waals surface area contributed by atoms with Crippen LogP contribution in [0, 0.1) is 17.7 Å². The van der Waals surface area contributed by atoms with Crippen LogP contribution < -0.4 is 4.90 Å². The zero-order valence-corrected chi connectivity index (χ0v) is 13.5. The maximum atomic E-state index is 13.0. The number of rotatable bonds is 5. The van der Waals surface area contributed by atoms with E-state index >= 15 is 0 Å². The molecule has 1 fully saturated rings. The molecule has 1 saturated heterocycles. The topological polar surface area (TPSA) is 6.48 Å². The molecule has 3 heteroatoms. The molecule has 3 rings (SSSR count). The zero-order chi connectivity index (χ0) is 15.4. The molecular weight excluding hydrogens is 275 g/mol. The van der Waals surface area contributed by atoms with E-state index in [1.54, 1.807) is 12.1 Å². The largest absolute Gasteiger partial charge is 0.369 e. The Hall–Kier alpha value is -1.35. The molecular formula is C19H27FN2. The van der Waals surface area contributed by atoms with E-state index in [1.165, 1.54) is 25.8 Å². The van der Waals surface area contributed by atoms with Crippen molar-refractivity contribution < 1.29 is 4.39 Å². The highest BCUT2D eigenvalue weighted by Crippen LogP contribution is 2.28. The number of piperazine rings is 1. The van der Waals surface area contributed by atoms with Crippen LogP contribution in [0.5, 0.6) is 0 Å². The van der Waals surface area contributed by atoms with Gasteiger partial charge in [-0.25, -0.2) is 4.39 Å². The molecule has 2 atom stereocenters. The Labute approximate surface area is 133 Å². The van der Waals surface area contributed by atoms with Crippen LogP contribution in [0.3, 0.4) is 0 Å². The summed E-state index contributed by atoms with van der Waals surface area (Å²) >= 11 is 0. The molecule has 2 aliphatic rings. The first-order chi connectivity index (χ1) is 10.8. The molecule has 2 unspecified atom stereocenters. The highest BCUT2D eigenvalue weighted by molar-refractivity contribution is 5.46. The molecule has 1 aromatic rings. The number of hydrogen-bond donors (Lipinski definition) is 0. The van der Waals surface area contributed by atoms with Crippen LogP contribution in [-0.2, 0) is 0 Å². The van der Waals surface area contributed by atoms with Crippen LogP contribution in [0.1, 0.15) is 26.2 Å². The Balaban J connectivity index is 1.50. The van der Waals surface area contributed by atoms with Gasteiger partial charge in [0.15, 0.2) is 0 Å². The average molecular weight is 302 g/mol. The predicted octanol–water partition coefficient (Wildman–Crippen LogP) is 3.94. The average Bonchev–Trinajstić information content (AvgIpc) is 3.08. The molecule has 0 spiro atoms. The third kappa shape index (κ3) is 3.70. The third-order valence-corrected chi connectivity index (χ3v) is 5.24. The number of benzene rings is 1. The van der Waals surface area contributed by atoms with Gasteiger partial charge in [0.2, 0.25) is 0 Å². The second kappa shape index (κ2) is 7.28. The Morgan fingerprint density at radius 3 is 2.45 bits per heavy atom. The standard InChI is InChI=1S/C19H27FN2/c1-2-16(17-5-3-4-6-17)15-21-11-13-22(14-12-21)19-9-7-18(20)8-10-19/h3,5,7-10,16-17H,2,4,6,11-15H2,1H3. The van der Waals surface area contributed by atoms with Crippen molar-refractivity contribution in [3.8, 4) is 0 Å². The predicted molar refractivity (Wildman–Crippen MR) is 90.7 cm³/mol. The number of nitrogens with zero attached hydrogens (tertiary/aromatic N) is 2. The molecule has 1 aliphatic carbocycles. The van der Waals surface area contributed by atoms with Gasteiger partial charge in [-0.05, 0) is 48.9 Å². The molecule has 0 radical (unpaired) electrons. The summed E-state index contributed by atoms with van der Waals surface area (Å²) in [6.45, 7) is 7.87. The fourth-order valence-corrected chi connectivity index (χ4v) is 3.79. The summed E-state index contributed by atoms with van der Waals surface area (Å²) < 4.78 is 13.0. The van der Waals surface area contributed by atoms with E-state index in [9.17, 15) is 4.39 Å². The lowest BCUT2D eigenvalue weighted by Crippen LogP contribution is -2.48. The van der Waals surface area contributed by atoms with Crippen LogP contribution in [0.2, 0.25) is 0 Å². The first kappa shape index (κ1) is 15.5. The lowest BCUT2D eigenvalue weighted by molar-refractivity contribution is 0.191. The van der Waals surface area contributed by atoms with E-state index in [2.05, 4.69) is 28.9 Å². The fraction of sp³-hybridized carbons (Fsp3) is 0.579. The first-order valence-corrected chi connectivity index (χ1v) is 8.66. The van der Waals surface area contributed by atoms with Crippen LogP contribution in [0.4, 0.5) is 10.1 Å². The third-order valence-electron chi connectivity index (χ3n) is 5.24. The molecule has 22 heavy (non-hydrogen) atoms. The van der Waals surface area contributed by atoms with Gasteiger partial charge in [-0.2, -0.15) is 0 Å². The van der Waals surface area contributed by atoms with Gasteiger partial charge in [0, 0.05) is 38.4 Å². The monoisotopic (exact) mass is 302 g/mol. The van der Waals surface area contributed by atoms with Crippen molar-refractivity contribution in [1.82, 2.24) is 4.90 Å². The van der Waals surface area contributed by atoms with E-state index in [1.807, 2.05) is 12.1 Å². The van der Waals surface area contributed by atoms with Gasteiger partial charge in [-0.15, -0.1) is 0 Å². The quantitative estimate of drug-likeness (QED) is 0.760. The minimum Gasteiger partial charge on any atom is -0.369 e. The Kier molecular flexibility index (Phi) is 5.14. The molecule has 1 aromatic carbocycles. The minimum atomic E-state index is -0.155. The molecule has 0 amide bonds. The smallest absolute Gasteiger partial charge is 0.123 e. The summed E-state index contributed by atoms with van der Waals surface area (Å²) in [5.74, 6) is 1.44. The molecule has 120 valence electrons. The first-order valence-electron chi connectivity index (χ1n) is 8.66. The Morgan fingerprint density at radius 2 is 1.86 bits per heavy atom. The Bertz CT molecular complexity index is 489. The van der Waals surface area contributed by atoms with Crippen LogP contribution in [0.15, 0.2) is 36.4 Å². The van der Waals surface area contributed by atoms with Gasteiger partial charge < -0.3 is 4.90 Å². The molecule has 1 aliphatic heterocycles. The molecule has 1 heterocycles. The molecule has 2 nitrogen and oxygen atoms in total. The molecule has 0 saturated carbocycles. The van der Waals surface area contributed by atoms with Crippen LogP contribution >= 0.6 is 0 Å². The van der Waals surface area contributed by atoms with Crippen molar-refractivity contribution in [3.05, 3.63) is 42.2 Å². The number of halogens is 1. The van der Waals surface area contributed by atoms with Crippen molar-refractivity contribution in [2.24, 2.45) is 11.8 Å². The molecule has 0 N–H and O–H groups in total. The Morgan fingerprint density at radius 1 is 1.14 bits per heavy atom. The van der Waals surface area contributed by atoms with Gasteiger partial charge in [-0.1, -0.05) is 25.5 Å². The van der Waals surface area contributed by atoms with E-state index in [0.29, 0.717) is 0 Å². The summed E-state index contributed by atoms with van der Waals surface area (Å²) in [5, 5.41) is 0. The van der Waals surface area contributed by atoms with E-state index in [4.69, 9.17) is 0 Å². The summed E-state index contributed by atoms with van der Waals surface area (Å²) in [7, 11) is 0. The highest BCUT2D eigenvalue weighted by atomic mass is 19.1. The number of anilines is 1. The van der Waals surface area contributed by atoms with E-state index in [0.717, 1.165) is 43.7 Å². The summed E-state index contributed by atoms with van der Waals surface area (Å²) in [6.07, 6.45) is 8.66. The van der Waals surface area contributed by atoms with Crippen molar-refractivity contribution in [3.63, 3.8) is 0 Å². The number of hydrogen-bond acceptors (Lipinski definition) is 2. The van der Waals surface area contributed by atoms with E-state index in [-0.39, 0.29) is 5.82 Å². The maximum Gasteiger partial charge on any atom is 0.123 e. The minimum absolute atomic E-state index is 0.155. The summed E-state index contributed by atoms with van der Waals surface area (Å²) in [5.41, 5.74) is 1.15. The lowest BCUT2D eigenvalue weighted by Gasteiger charge is -2.38. The van der Waals surface area contributed by atoms with Crippen molar-refractivity contribution in [1.29, 1.82) is 0 Å². The van der Waals surface area contributed by atoms with Gasteiger partial charge in [0.05, 0.1) is 0 Å². The SMILES string of the molecule is CCC(CN1CCN(c2ccc(F)cc2)CC1)C1C=CCC1. The van der Waals surface area contributed by atoms with Gasteiger partial charge in [-0.3, -0.25) is 4.90 Å². The lowest BCUT2D eigenvalue weighted by atomic mass is 9.89. The van der Waals surface area contributed by atoms with Gasteiger partial charge >= 0.3 is 0 Å². The fourth-order valence-electron chi connectivity index (χ4n) is 3.79. The molecule has 0 bridgehead atoms. The van der Waals surface area contributed by atoms with Crippen molar-refractivity contribution in [2.45, 2.75) is 26.2 Å². The van der Waals surface area contributed by atoms with Crippen molar-refractivity contribution in [2.75, 3.05) is 37.6 Å². The molecule has 0 aromatic heterocycles. The highest BCUT2D eigenvalue weighted by Gasteiger charge is 2.24. The van der Waals surface area contributed by atoms with Crippen molar-refractivity contribution >= 4 is 5.69 Å². The van der Waals surface area contributed by atoms with E-state index < -0.39 is 0 Å².